The van der Waals surface area contributed by atoms with Crippen LogP contribution >= 0.6 is 0 Å². The zero-order chi connectivity index (χ0) is 8.39. The van der Waals surface area contributed by atoms with Gasteiger partial charge in [0.15, 0.2) is 5.65 Å². The highest BCUT2D eigenvalue weighted by Gasteiger charge is 1.96. The minimum absolute atomic E-state index is 0.761. The minimum atomic E-state index is 0.761. The molecule has 0 unspecified atom stereocenters. The van der Waals surface area contributed by atoms with Crippen molar-refractivity contribution in [2.45, 2.75) is 6.92 Å². The smallest absolute Gasteiger partial charge is 0.176 e. The molecular formula is C7H9N5. The largest absolute Gasteiger partial charge is 0.369 e. The topological polar surface area (TPSA) is 55.1 Å². The summed E-state index contributed by atoms with van der Waals surface area (Å²) in [5, 5.41) is 11.2. The first-order valence-corrected chi connectivity index (χ1v) is 3.81. The van der Waals surface area contributed by atoms with Crippen LogP contribution in [0.25, 0.3) is 5.65 Å². The molecule has 2 heterocycles. The average molecular weight is 163 g/mol. The molecule has 0 fully saturated rings. The Morgan fingerprint density at radius 3 is 3.25 bits per heavy atom. The summed E-state index contributed by atoms with van der Waals surface area (Å²) in [5.41, 5.74) is 0.761. The standard InChI is InChI=1S/C7H9N5/c1-2-8-6-3-4-7-9-5-10-12(7)11-6/h3-5H,2H2,1H3,(H,8,11). The molecule has 12 heavy (non-hydrogen) atoms. The van der Waals surface area contributed by atoms with E-state index in [0.29, 0.717) is 0 Å². The van der Waals surface area contributed by atoms with Gasteiger partial charge in [0.2, 0.25) is 0 Å². The molecule has 0 saturated carbocycles. The lowest BCUT2D eigenvalue weighted by Gasteiger charge is -1.99. The van der Waals surface area contributed by atoms with Gasteiger partial charge in [-0.3, -0.25) is 0 Å². The lowest BCUT2D eigenvalue weighted by Crippen LogP contribution is -2.03. The summed E-state index contributed by atoms with van der Waals surface area (Å²) in [6.07, 6.45) is 1.48. The number of fused-ring (bicyclic) bond motifs is 1. The van der Waals surface area contributed by atoms with Crippen molar-refractivity contribution in [3.63, 3.8) is 0 Å². The summed E-state index contributed by atoms with van der Waals surface area (Å²) in [5.74, 6) is 0.815. The van der Waals surface area contributed by atoms with E-state index in [4.69, 9.17) is 0 Å². The van der Waals surface area contributed by atoms with E-state index in [0.717, 1.165) is 18.0 Å². The Balaban J connectivity index is 2.46. The van der Waals surface area contributed by atoms with E-state index in [1.165, 1.54) is 11.0 Å². The van der Waals surface area contributed by atoms with Gasteiger partial charge in [-0.2, -0.15) is 0 Å². The van der Waals surface area contributed by atoms with Crippen LogP contribution in [-0.4, -0.2) is 26.4 Å². The molecule has 62 valence electrons. The van der Waals surface area contributed by atoms with Crippen molar-refractivity contribution in [3.05, 3.63) is 18.5 Å². The molecule has 0 saturated heterocycles. The summed E-state index contributed by atoms with van der Waals surface area (Å²) in [4.78, 5) is 3.98. The minimum Gasteiger partial charge on any atom is -0.369 e. The van der Waals surface area contributed by atoms with Gasteiger partial charge in [0.05, 0.1) is 0 Å². The molecule has 0 aliphatic rings. The molecule has 0 aliphatic carbocycles. The molecule has 0 aliphatic heterocycles. The highest BCUT2D eigenvalue weighted by molar-refractivity contribution is 5.42. The number of anilines is 1. The molecule has 2 rings (SSSR count). The maximum absolute atomic E-state index is 4.16. The molecule has 1 N–H and O–H groups in total. The Hall–Kier alpha value is -1.65. The zero-order valence-corrected chi connectivity index (χ0v) is 6.73. The summed E-state index contributed by atoms with van der Waals surface area (Å²) < 4.78 is 1.50. The molecule has 0 radical (unpaired) electrons. The van der Waals surface area contributed by atoms with Gasteiger partial charge < -0.3 is 5.32 Å². The van der Waals surface area contributed by atoms with E-state index < -0.39 is 0 Å². The van der Waals surface area contributed by atoms with E-state index >= 15 is 0 Å². The van der Waals surface area contributed by atoms with Gasteiger partial charge in [-0.25, -0.2) is 4.98 Å². The Kier molecular flexibility index (Phi) is 1.62. The fraction of sp³-hybridized carbons (Fsp3) is 0.286. The summed E-state index contributed by atoms with van der Waals surface area (Å²) >= 11 is 0. The first-order valence-electron chi connectivity index (χ1n) is 3.81. The second-order valence-electron chi connectivity index (χ2n) is 2.36. The third-order valence-electron chi connectivity index (χ3n) is 1.51. The van der Waals surface area contributed by atoms with Gasteiger partial charge in [-0.15, -0.1) is 14.8 Å². The van der Waals surface area contributed by atoms with Crippen LogP contribution in [0.2, 0.25) is 0 Å². The molecule has 5 nitrogen and oxygen atoms in total. The first-order chi connectivity index (χ1) is 5.90. The lowest BCUT2D eigenvalue weighted by molar-refractivity contribution is 0.801. The van der Waals surface area contributed by atoms with Gasteiger partial charge in [-0.1, -0.05) is 0 Å². The van der Waals surface area contributed by atoms with E-state index in [-0.39, 0.29) is 0 Å². The quantitative estimate of drug-likeness (QED) is 0.702. The molecule has 2 aromatic heterocycles. The zero-order valence-electron chi connectivity index (χ0n) is 6.73. The summed E-state index contributed by atoms with van der Waals surface area (Å²) in [7, 11) is 0. The number of hydrogen-bond acceptors (Lipinski definition) is 4. The monoisotopic (exact) mass is 163 g/mol. The molecule has 0 atom stereocenters. The van der Waals surface area contributed by atoms with Crippen LogP contribution in [0, 0.1) is 0 Å². The van der Waals surface area contributed by atoms with E-state index in [9.17, 15) is 0 Å². The van der Waals surface area contributed by atoms with Crippen molar-refractivity contribution in [2.24, 2.45) is 0 Å². The maximum atomic E-state index is 4.16. The number of nitrogens with one attached hydrogen (secondary N) is 1. The van der Waals surface area contributed by atoms with Crippen molar-refractivity contribution >= 4 is 11.5 Å². The van der Waals surface area contributed by atoms with Crippen molar-refractivity contribution in [1.82, 2.24) is 19.8 Å². The van der Waals surface area contributed by atoms with Gasteiger partial charge in [-0.05, 0) is 19.1 Å². The van der Waals surface area contributed by atoms with Crippen molar-refractivity contribution in [2.75, 3.05) is 11.9 Å². The second kappa shape index (κ2) is 2.77. The number of nitrogens with zero attached hydrogens (tertiary/aromatic N) is 4. The van der Waals surface area contributed by atoms with Gasteiger partial charge in [0.25, 0.3) is 0 Å². The van der Waals surface area contributed by atoms with Crippen LogP contribution < -0.4 is 5.32 Å². The van der Waals surface area contributed by atoms with Gasteiger partial charge in [0, 0.05) is 6.54 Å². The number of hydrogen-bond donors (Lipinski definition) is 1. The third kappa shape index (κ3) is 1.09. The molecule has 0 bridgehead atoms. The second-order valence-corrected chi connectivity index (χ2v) is 2.36. The van der Waals surface area contributed by atoms with Gasteiger partial charge >= 0.3 is 0 Å². The summed E-state index contributed by atoms with van der Waals surface area (Å²) in [6, 6.07) is 3.76. The van der Waals surface area contributed by atoms with Crippen LogP contribution in [0.15, 0.2) is 18.5 Å². The SMILES string of the molecule is CCNc1ccc2ncnn2n1. The van der Waals surface area contributed by atoms with Crippen LogP contribution in [0.3, 0.4) is 0 Å². The Morgan fingerprint density at radius 2 is 2.42 bits per heavy atom. The molecular weight excluding hydrogens is 154 g/mol. The van der Waals surface area contributed by atoms with Crippen molar-refractivity contribution in [3.8, 4) is 0 Å². The Labute approximate surface area is 69.4 Å². The van der Waals surface area contributed by atoms with Gasteiger partial charge in [0.1, 0.15) is 12.1 Å². The molecule has 5 heteroatoms. The highest BCUT2D eigenvalue weighted by atomic mass is 15.4. The third-order valence-corrected chi connectivity index (χ3v) is 1.51. The van der Waals surface area contributed by atoms with E-state index in [2.05, 4.69) is 20.5 Å². The van der Waals surface area contributed by atoms with Crippen LogP contribution in [-0.2, 0) is 0 Å². The van der Waals surface area contributed by atoms with Crippen LogP contribution in [0.4, 0.5) is 5.82 Å². The average Bonchev–Trinajstić information content (AvgIpc) is 2.51. The van der Waals surface area contributed by atoms with E-state index in [1.54, 1.807) is 0 Å². The van der Waals surface area contributed by atoms with Crippen LogP contribution in [0.1, 0.15) is 6.92 Å². The fourth-order valence-electron chi connectivity index (χ4n) is 0.996. The highest BCUT2D eigenvalue weighted by Crippen LogP contribution is 2.02. The van der Waals surface area contributed by atoms with E-state index in [1.807, 2.05) is 19.1 Å². The van der Waals surface area contributed by atoms with Crippen LogP contribution in [0.5, 0.6) is 0 Å². The first kappa shape index (κ1) is 7.02. The molecule has 0 spiro atoms. The fourth-order valence-corrected chi connectivity index (χ4v) is 0.996. The maximum Gasteiger partial charge on any atom is 0.176 e. The molecule has 0 aromatic carbocycles. The Bertz CT molecular complexity index is 380. The number of aromatic nitrogens is 4. The molecule has 2 aromatic rings. The van der Waals surface area contributed by atoms with Crippen molar-refractivity contribution < 1.29 is 0 Å². The summed E-state index contributed by atoms with van der Waals surface area (Å²) in [6.45, 7) is 2.88. The lowest BCUT2D eigenvalue weighted by atomic mass is 10.5. The Morgan fingerprint density at radius 1 is 1.50 bits per heavy atom. The van der Waals surface area contributed by atoms with Crippen molar-refractivity contribution in [1.29, 1.82) is 0 Å². The molecule has 0 amide bonds. The normalized spacial score (nSPS) is 10.4. The predicted octanol–water partition coefficient (Wildman–Crippen LogP) is 0.556. The predicted molar refractivity (Wildman–Crippen MR) is 44.9 cm³/mol. The number of rotatable bonds is 2.